The van der Waals surface area contributed by atoms with Gasteiger partial charge in [0.25, 0.3) is 0 Å². The van der Waals surface area contributed by atoms with Crippen LogP contribution in [0.2, 0.25) is 0 Å². The lowest BCUT2D eigenvalue weighted by Gasteiger charge is -2.20. The molecule has 1 fully saturated rings. The number of benzene rings is 1. The number of nitrogens with zero attached hydrogens (tertiary/aromatic N) is 1. The molecule has 1 saturated carbocycles. The minimum Gasteiger partial charge on any atom is -0.324 e. The molecule has 94 valence electrons. The molecule has 4 heteroatoms. The molecule has 2 rings (SSSR count). The van der Waals surface area contributed by atoms with Gasteiger partial charge in [-0.05, 0) is 37.5 Å². The molecule has 1 aliphatic rings. The van der Waals surface area contributed by atoms with Gasteiger partial charge < -0.3 is 5.32 Å². The highest BCUT2D eigenvalue weighted by Gasteiger charge is 2.41. The van der Waals surface area contributed by atoms with Crippen LogP contribution in [-0.2, 0) is 4.79 Å². The first-order valence-electron chi connectivity index (χ1n) is 6.06. The Morgan fingerprint density at radius 3 is 2.72 bits per heavy atom. The number of aryl methyl sites for hydroxylation is 1. The summed E-state index contributed by atoms with van der Waals surface area (Å²) < 4.78 is 13.1. The molecule has 0 atom stereocenters. The summed E-state index contributed by atoms with van der Waals surface area (Å²) in [5.74, 6) is -0.704. The van der Waals surface area contributed by atoms with E-state index in [4.69, 9.17) is 0 Å². The van der Waals surface area contributed by atoms with E-state index in [1.165, 1.54) is 12.1 Å². The standard InChI is InChI=1S/C14H15FN2O/c1-10-4-5-11(15)8-12(10)17-13(18)14(9-16)6-2-3-7-14/h4-5,8H,2-3,6-7H2,1H3,(H,17,18). The zero-order valence-electron chi connectivity index (χ0n) is 10.3. The number of nitriles is 1. The molecular weight excluding hydrogens is 231 g/mol. The minimum atomic E-state index is -0.932. The van der Waals surface area contributed by atoms with Crippen LogP contribution < -0.4 is 5.32 Å². The summed E-state index contributed by atoms with van der Waals surface area (Å²) in [4.78, 5) is 12.2. The van der Waals surface area contributed by atoms with E-state index in [9.17, 15) is 14.4 Å². The van der Waals surface area contributed by atoms with E-state index in [2.05, 4.69) is 11.4 Å². The van der Waals surface area contributed by atoms with Gasteiger partial charge in [0, 0.05) is 5.69 Å². The third kappa shape index (κ3) is 2.21. The van der Waals surface area contributed by atoms with Gasteiger partial charge in [-0.3, -0.25) is 4.79 Å². The number of carbonyl (C=O) groups excluding carboxylic acids is 1. The Morgan fingerprint density at radius 1 is 1.44 bits per heavy atom. The fourth-order valence-electron chi connectivity index (χ4n) is 2.34. The van der Waals surface area contributed by atoms with Crippen LogP contribution in [0.5, 0.6) is 0 Å². The number of nitrogens with one attached hydrogen (secondary N) is 1. The molecule has 1 N–H and O–H groups in total. The molecule has 1 aromatic carbocycles. The van der Waals surface area contributed by atoms with Crippen LogP contribution in [-0.4, -0.2) is 5.91 Å². The number of carbonyl (C=O) groups is 1. The first-order chi connectivity index (χ1) is 8.57. The van der Waals surface area contributed by atoms with Crippen molar-refractivity contribution in [2.45, 2.75) is 32.6 Å². The molecule has 0 aromatic heterocycles. The van der Waals surface area contributed by atoms with E-state index < -0.39 is 11.2 Å². The highest BCUT2D eigenvalue weighted by Crippen LogP contribution is 2.38. The maximum atomic E-state index is 13.1. The van der Waals surface area contributed by atoms with Crippen LogP contribution in [0, 0.1) is 29.5 Å². The second kappa shape index (κ2) is 4.77. The van der Waals surface area contributed by atoms with Crippen LogP contribution in [0.25, 0.3) is 0 Å². The first-order valence-corrected chi connectivity index (χ1v) is 6.06. The zero-order chi connectivity index (χ0) is 13.2. The molecule has 0 unspecified atom stereocenters. The van der Waals surface area contributed by atoms with Gasteiger partial charge in [0.15, 0.2) is 0 Å². The first kappa shape index (κ1) is 12.6. The molecule has 18 heavy (non-hydrogen) atoms. The highest BCUT2D eigenvalue weighted by atomic mass is 19.1. The van der Waals surface area contributed by atoms with Crippen LogP contribution in [0.1, 0.15) is 31.2 Å². The zero-order valence-corrected chi connectivity index (χ0v) is 10.3. The molecule has 3 nitrogen and oxygen atoms in total. The molecule has 1 aliphatic carbocycles. The summed E-state index contributed by atoms with van der Waals surface area (Å²) in [6.07, 6.45) is 2.96. The molecule has 0 aliphatic heterocycles. The molecule has 0 heterocycles. The third-order valence-electron chi connectivity index (χ3n) is 3.55. The second-order valence-electron chi connectivity index (χ2n) is 4.81. The average molecular weight is 246 g/mol. The summed E-state index contributed by atoms with van der Waals surface area (Å²) in [5.41, 5.74) is 0.302. The van der Waals surface area contributed by atoms with Gasteiger partial charge in [0.2, 0.25) is 5.91 Å². The van der Waals surface area contributed by atoms with Crippen LogP contribution in [0.3, 0.4) is 0 Å². The minimum absolute atomic E-state index is 0.309. The predicted octanol–water partition coefficient (Wildman–Crippen LogP) is 3.16. The van der Waals surface area contributed by atoms with Crippen LogP contribution in [0.15, 0.2) is 18.2 Å². The van der Waals surface area contributed by atoms with E-state index in [1.807, 2.05) is 0 Å². The van der Waals surface area contributed by atoms with Gasteiger partial charge in [-0.1, -0.05) is 18.9 Å². The maximum Gasteiger partial charge on any atom is 0.244 e. The normalized spacial score (nSPS) is 17.2. The van der Waals surface area contributed by atoms with Crippen molar-refractivity contribution in [2.75, 3.05) is 5.32 Å². The number of amides is 1. The van der Waals surface area contributed by atoms with Crippen molar-refractivity contribution in [2.24, 2.45) is 5.41 Å². The lowest BCUT2D eigenvalue weighted by molar-refractivity contribution is -0.122. The number of hydrogen-bond acceptors (Lipinski definition) is 2. The number of hydrogen-bond donors (Lipinski definition) is 1. The SMILES string of the molecule is Cc1ccc(F)cc1NC(=O)C1(C#N)CCCC1. The quantitative estimate of drug-likeness (QED) is 0.871. The van der Waals surface area contributed by atoms with E-state index in [1.54, 1.807) is 13.0 Å². The van der Waals surface area contributed by atoms with Gasteiger partial charge in [0.05, 0.1) is 6.07 Å². The molecule has 0 spiro atoms. The topological polar surface area (TPSA) is 52.9 Å². The Morgan fingerprint density at radius 2 is 2.11 bits per heavy atom. The van der Waals surface area contributed by atoms with E-state index in [-0.39, 0.29) is 5.91 Å². The van der Waals surface area contributed by atoms with Gasteiger partial charge in [-0.2, -0.15) is 5.26 Å². The van der Waals surface area contributed by atoms with Crippen molar-refractivity contribution in [3.8, 4) is 6.07 Å². The van der Waals surface area contributed by atoms with Gasteiger partial charge in [0.1, 0.15) is 11.2 Å². The predicted molar refractivity (Wildman–Crippen MR) is 66.3 cm³/mol. The van der Waals surface area contributed by atoms with Crippen molar-refractivity contribution >= 4 is 11.6 Å². The van der Waals surface area contributed by atoms with E-state index >= 15 is 0 Å². The summed E-state index contributed by atoms with van der Waals surface area (Å²) in [5, 5.41) is 11.9. The monoisotopic (exact) mass is 246 g/mol. The van der Waals surface area contributed by atoms with Gasteiger partial charge in [-0.25, -0.2) is 4.39 Å². The van der Waals surface area contributed by atoms with Gasteiger partial charge >= 0.3 is 0 Å². The number of rotatable bonds is 2. The number of anilines is 1. The Kier molecular flexibility index (Phi) is 3.33. The Labute approximate surface area is 106 Å². The Bertz CT molecular complexity index is 513. The van der Waals surface area contributed by atoms with Gasteiger partial charge in [-0.15, -0.1) is 0 Å². The Balaban J connectivity index is 2.21. The molecule has 0 radical (unpaired) electrons. The molecule has 1 aromatic rings. The second-order valence-corrected chi connectivity index (χ2v) is 4.81. The molecule has 0 bridgehead atoms. The fraction of sp³-hybridized carbons (Fsp3) is 0.429. The van der Waals surface area contributed by atoms with Crippen molar-refractivity contribution in [1.29, 1.82) is 5.26 Å². The largest absolute Gasteiger partial charge is 0.324 e. The Hall–Kier alpha value is -1.89. The smallest absolute Gasteiger partial charge is 0.244 e. The van der Waals surface area contributed by atoms with Crippen molar-refractivity contribution in [1.82, 2.24) is 0 Å². The maximum absolute atomic E-state index is 13.1. The summed E-state index contributed by atoms with van der Waals surface area (Å²) in [6.45, 7) is 1.79. The van der Waals surface area contributed by atoms with Crippen LogP contribution in [0.4, 0.5) is 10.1 Å². The molecule has 1 amide bonds. The van der Waals surface area contributed by atoms with E-state index in [0.717, 1.165) is 18.4 Å². The number of halogens is 1. The van der Waals surface area contributed by atoms with Crippen molar-refractivity contribution < 1.29 is 9.18 Å². The van der Waals surface area contributed by atoms with E-state index in [0.29, 0.717) is 18.5 Å². The lowest BCUT2D eigenvalue weighted by Crippen LogP contribution is -2.32. The highest BCUT2D eigenvalue weighted by molar-refractivity contribution is 5.97. The lowest BCUT2D eigenvalue weighted by atomic mass is 9.87. The molecular formula is C14H15FN2O. The van der Waals surface area contributed by atoms with Crippen molar-refractivity contribution in [3.63, 3.8) is 0 Å². The average Bonchev–Trinajstić information content (AvgIpc) is 2.84. The molecule has 0 saturated heterocycles. The fourth-order valence-corrected chi connectivity index (χ4v) is 2.34. The third-order valence-corrected chi connectivity index (χ3v) is 3.55. The van der Waals surface area contributed by atoms with Crippen LogP contribution >= 0.6 is 0 Å². The summed E-state index contributed by atoms with van der Waals surface area (Å²) in [7, 11) is 0. The summed E-state index contributed by atoms with van der Waals surface area (Å²) in [6, 6.07) is 6.37. The van der Waals surface area contributed by atoms with Crippen molar-refractivity contribution in [3.05, 3.63) is 29.6 Å². The summed E-state index contributed by atoms with van der Waals surface area (Å²) >= 11 is 0.